The molecule has 8 N–H and O–H groups in total. The largest absolute Gasteiger partial charge is 0.480 e. The molecule has 81 heavy (non-hydrogen) atoms. The summed E-state index contributed by atoms with van der Waals surface area (Å²) < 4.78 is 0. The lowest BCUT2D eigenvalue weighted by Gasteiger charge is -2.37. The predicted octanol–water partition coefficient (Wildman–Crippen LogP) is 0.629. The summed E-state index contributed by atoms with van der Waals surface area (Å²) in [5.74, 6) is -9.59. The Morgan fingerprint density at radius 1 is 0.346 bits per heavy atom. The number of rotatable bonds is 28. The zero-order valence-corrected chi connectivity index (χ0v) is 49.1. The van der Waals surface area contributed by atoms with Crippen LogP contribution in [0.4, 0.5) is 0 Å². The minimum atomic E-state index is -1.13. The molecule has 2 rings (SSSR count). The fourth-order valence-electron chi connectivity index (χ4n) is 9.69. The van der Waals surface area contributed by atoms with Crippen molar-refractivity contribution < 1.29 is 93.6 Å². The molecule has 2 fully saturated rings. The predicted molar refractivity (Wildman–Crippen MR) is 295 cm³/mol. The van der Waals surface area contributed by atoms with Gasteiger partial charge < -0.3 is 40.9 Å². The number of ketones is 3. The van der Waals surface area contributed by atoms with Gasteiger partial charge in [0, 0.05) is 141 Å². The van der Waals surface area contributed by atoms with Crippen LogP contribution in [0.25, 0.3) is 0 Å². The Balaban J connectivity index is 0.000000816. The molecule has 4 atom stereocenters. The van der Waals surface area contributed by atoms with E-state index in [0.717, 1.165) is 0 Å². The van der Waals surface area contributed by atoms with E-state index in [9.17, 15) is 93.6 Å². The molecule has 0 saturated carbocycles. The number of Topliss-reactive ketones (excluding diaryl/α,β-unsaturated/α-hetero) is 3. The van der Waals surface area contributed by atoms with Crippen LogP contribution in [0.15, 0.2) is 0 Å². The van der Waals surface area contributed by atoms with Gasteiger partial charge in [-0.25, -0.2) is 0 Å². The number of carbonyl (C=O) groups is 11. The zero-order chi connectivity index (χ0) is 61.9. The lowest BCUT2D eigenvalue weighted by atomic mass is 9.87. The first kappa shape index (κ1) is 73.5. The fourth-order valence-corrected chi connectivity index (χ4v) is 9.69. The van der Waals surface area contributed by atoms with Crippen molar-refractivity contribution in [1.29, 1.82) is 0 Å². The second-order valence-corrected chi connectivity index (χ2v) is 22.9. The number of carbonyl (C=O) groups excluding carboxylic acids is 3. The van der Waals surface area contributed by atoms with Gasteiger partial charge in [0.2, 0.25) is 0 Å². The highest BCUT2D eigenvalue weighted by Gasteiger charge is 2.35. The summed E-state index contributed by atoms with van der Waals surface area (Å²) in [6.45, 7) is 17.5. The molecule has 2 aliphatic rings. The van der Waals surface area contributed by atoms with E-state index in [2.05, 4.69) is 0 Å². The highest BCUT2D eigenvalue weighted by Crippen LogP contribution is 2.21. The van der Waals surface area contributed by atoms with E-state index < -0.39 is 77.3 Å². The van der Waals surface area contributed by atoms with Crippen LogP contribution in [0, 0.1) is 23.2 Å². The first-order chi connectivity index (χ1) is 37.6. The molecule has 0 aliphatic carbocycles. The van der Waals surface area contributed by atoms with Gasteiger partial charge in [0.05, 0.1) is 26.2 Å². The Kier molecular flexibility index (Phi) is 33.4. The summed E-state index contributed by atoms with van der Waals surface area (Å²) in [4.78, 5) is 145. The van der Waals surface area contributed by atoms with Crippen LogP contribution >= 0.6 is 0 Å². The second kappa shape index (κ2) is 36.8. The van der Waals surface area contributed by atoms with E-state index in [-0.39, 0.29) is 205 Å². The smallest absolute Gasteiger partial charge is 0.321 e. The van der Waals surface area contributed by atoms with Crippen molar-refractivity contribution >= 4 is 65.1 Å². The monoisotopic (exact) mass is 1160 g/mol. The molecule has 0 aromatic carbocycles. The summed E-state index contributed by atoms with van der Waals surface area (Å²) in [6.07, 6.45) is 0.389. The SMILES string of the molecule is CC(C)C(=O)CCC(C(=O)O)N1CCN(CC(=O)O)CCN(C(C(=O)O)C(C)C)CCN(CC(=O)O)CC1.CC(C)C(=O)CCC(C(=O)O)N1CCN(CC(=O)O)CCN(C(CCC(=O)C(C)(C)C)C(=O)O)CCN(CC(=O)O)CC1. The van der Waals surface area contributed by atoms with Crippen LogP contribution in [0.1, 0.15) is 101 Å². The molecule has 27 nitrogen and oxygen atoms in total. The van der Waals surface area contributed by atoms with Gasteiger partial charge in [-0.1, -0.05) is 62.3 Å². The standard InChI is InChI=1S/C29H50N4O10.C25H44N4O9/c1-20(2)23(34)8-6-21(27(40)41)32-14-10-30(18-25(36)37)12-16-33(17-13-31(11-15-32)19-26(38)39)22(28(42)43)7-9-24(35)29(3,4)5;1-17(2)20(30)6-5-19(24(35)36)28-11-7-26(15-21(31)32)9-13-29(23(18(3)4)25(37)38)14-10-27(8-12-28)16-22(33)34/h20-22H,6-19H2,1-5H3,(H,36,37)(H,38,39)(H,40,41)(H,42,43);17-19,23H,5-16H2,1-4H3,(H,31,32)(H,33,34)(H,35,36)(H,37,38). The maximum Gasteiger partial charge on any atom is 0.321 e. The molecule has 0 aromatic rings. The third kappa shape index (κ3) is 29.3. The average molecular weight is 1160 g/mol. The van der Waals surface area contributed by atoms with Crippen LogP contribution in [0.5, 0.6) is 0 Å². The molecule has 2 saturated heterocycles. The number of aliphatic carboxylic acids is 8. The van der Waals surface area contributed by atoms with Gasteiger partial charge in [0.25, 0.3) is 0 Å². The summed E-state index contributed by atoms with van der Waals surface area (Å²) in [7, 11) is 0. The minimum absolute atomic E-state index is 0.0412. The third-order valence-corrected chi connectivity index (χ3v) is 14.6. The molecular weight excluding hydrogens is 1060 g/mol. The van der Waals surface area contributed by atoms with E-state index in [4.69, 9.17) is 0 Å². The van der Waals surface area contributed by atoms with Gasteiger partial charge in [-0.3, -0.25) is 91.9 Å². The molecule has 464 valence electrons. The normalized spacial score (nSPS) is 19.1. The van der Waals surface area contributed by atoms with Crippen LogP contribution in [-0.2, 0) is 52.7 Å². The first-order valence-corrected chi connectivity index (χ1v) is 27.9. The van der Waals surface area contributed by atoms with Crippen molar-refractivity contribution in [2.75, 3.05) is 131 Å². The van der Waals surface area contributed by atoms with Crippen LogP contribution < -0.4 is 0 Å². The van der Waals surface area contributed by atoms with Gasteiger partial charge in [0.1, 0.15) is 41.5 Å². The fraction of sp³-hybridized carbons (Fsp3) is 0.796. The molecular formula is C54H94N8O19. The minimum Gasteiger partial charge on any atom is -0.480 e. The highest BCUT2D eigenvalue weighted by atomic mass is 16.4. The van der Waals surface area contributed by atoms with Gasteiger partial charge in [-0.05, 0) is 25.2 Å². The molecule has 2 heterocycles. The number of hydrogen-bond acceptors (Lipinski definition) is 19. The molecule has 0 aromatic heterocycles. The Labute approximate surface area is 475 Å². The Morgan fingerprint density at radius 3 is 0.765 bits per heavy atom. The van der Waals surface area contributed by atoms with E-state index in [1.807, 2.05) is 0 Å². The van der Waals surface area contributed by atoms with Crippen LogP contribution in [-0.4, -0.2) is 300 Å². The van der Waals surface area contributed by atoms with Gasteiger partial charge >= 0.3 is 47.8 Å². The van der Waals surface area contributed by atoms with Crippen molar-refractivity contribution in [2.45, 2.75) is 125 Å². The topological polar surface area (TPSA) is 376 Å². The van der Waals surface area contributed by atoms with Crippen molar-refractivity contribution in [3.8, 4) is 0 Å². The summed E-state index contributed by atoms with van der Waals surface area (Å²) in [5.41, 5.74) is -0.636. The lowest BCUT2D eigenvalue weighted by molar-refractivity contribution is -0.147. The molecule has 0 radical (unpaired) electrons. The number of carboxylic acid groups (broad SMARTS) is 8. The molecule has 4 unspecified atom stereocenters. The summed E-state index contributed by atoms with van der Waals surface area (Å²) >= 11 is 0. The highest BCUT2D eigenvalue weighted by molar-refractivity contribution is 5.85. The number of nitrogens with zero attached hydrogens (tertiary/aromatic N) is 8. The Hall–Kier alpha value is -5.55. The summed E-state index contributed by atoms with van der Waals surface area (Å²) in [5, 5.41) is 77.8. The third-order valence-electron chi connectivity index (χ3n) is 14.6. The van der Waals surface area contributed by atoms with E-state index >= 15 is 0 Å². The Morgan fingerprint density at radius 2 is 0.580 bits per heavy atom. The van der Waals surface area contributed by atoms with Gasteiger partial charge in [0.15, 0.2) is 0 Å². The first-order valence-electron chi connectivity index (χ1n) is 27.9. The molecule has 27 heteroatoms. The number of hydrogen-bond donors (Lipinski definition) is 8. The average Bonchev–Trinajstić information content (AvgIpc) is 3.33. The van der Waals surface area contributed by atoms with Crippen molar-refractivity contribution in [3.05, 3.63) is 0 Å². The second-order valence-electron chi connectivity index (χ2n) is 22.9. The quantitative estimate of drug-likeness (QED) is 0.0532. The van der Waals surface area contributed by atoms with Crippen molar-refractivity contribution in [1.82, 2.24) is 39.2 Å². The van der Waals surface area contributed by atoms with Crippen LogP contribution in [0.3, 0.4) is 0 Å². The Bertz CT molecular complexity index is 2020. The van der Waals surface area contributed by atoms with E-state index in [1.165, 1.54) is 0 Å². The van der Waals surface area contributed by atoms with E-state index in [0.29, 0.717) is 0 Å². The molecule has 0 bridgehead atoms. The van der Waals surface area contributed by atoms with E-state index in [1.54, 1.807) is 102 Å². The maximum absolute atomic E-state index is 12.6. The van der Waals surface area contributed by atoms with Crippen molar-refractivity contribution in [3.63, 3.8) is 0 Å². The van der Waals surface area contributed by atoms with Crippen LogP contribution in [0.2, 0.25) is 0 Å². The maximum atomic E-state index is 12.6. The van der Waals surface area contributed by atoms with Gasteiger partial charge in [-0.2, -0.15) is 0 Å². The molecule has 0 amide bonds. The zero-order valence-electron chi connectivity index (χ0n) is 49.1. The molecule has 0 spiro atoms. The number of carboxylic acids is 8. The van der Waals surface area contributed by atoms with Gasteiger partial charge in [-0.15, -0.1) is 0 Å². The lowest BCUT2D eigenvalue weighted by Crippen LogP contribution is -2.54. The summed E-state index contributed by atoms with van der Waals surface area (Å²) in [6, 6.07) is -3.90. The molecule has 2 aliphatic heterocycles. The van der Waals surface area contributed by atoms with Crippen molar-refractivity contribution in [2.24, 2.45) is 23.2 Å².